The lowest BCUT2D eigenvalue weighted by atomic mass is 10.3. The molecule has 4 rings (SSSR count). The number of rotatable bonds is 5. The highest BCUT2D eigenvalue weighted by atomic mass is 35.5. The van der Waals surface area contributed by atoms with E-state index in [1.54, 1.807) is 28.3 Å². The molecule has 0 unspecified atom stereocenters. The van der Waals surface area contributed by atoms with E-state index in [4.69, 9.17) is 16.3 Å². The van der Waals surface area contributed by atoms with Gasteiger partial charge in [-0.15, -0.1) is 22.7 Å². The molecule has 1 saturated heterocycles. The maximum absolute atomic E-state index is 13.0. The Morgan fingerprint density at radius 2 is 1.94 bits per heavy atom. The molecule has 0 amide bonds. The molecule has 3 heterocycles. The number of ether oxygens (including phenoxy) is 1. The molecule has 0 radical (unpaired) electrons. The first-order chi connectivity index (χ1) is 14.9. The van der Waals surface area contributed by atoms with E-state index in [0.717, 1.165) is 16.1 Å². The Hall–Kier alpha value is -1.82. The van der Waals surface area contributed by atoms with Crippen LogP contribution >= 0.6 is 34.3 Å². The van der Waals surface area contributed by atoms with Crippen molar-refractivity contribution >= 4 is 56.2 Å². The fraction of sp³-hybridized carbons (Fsp3) is 0.300. The van der Waals surface area contributed by atoms with E-state index in [9.17, 15) is 8.42 Å². The van der Waals surface area contributed by atoms with Crippen LogP contribution in [0.3, 0.4) is 0 Å². The Morgan fingerprint density at radius 1 is 1.16 bits per heavy atom. The van der Waals surface area contributed by atoms with E-state index in [1.165, 1.54) is 27.8 Å². The van der Waals surface area contributed by atoms with Crippen molar-refractivity contribution in [3.05, 3.63) is 61.0 Å². The first-order valence-electron chi connectivity index (χ1n) is 9.54. The molecule has 164 valence electrons. The summed E-state index contributed by atoms with van der Waals surface area (Å²) in [6.07, 6.45) is 1.81. The zero-order chi connectivity index (χ0) is 22.0. The van der Waals surface area contributed by atoms with Gasteiger partial charge in [0.1, 0.15) is 0 Å². The van der Waals surface area contributed by atoms with E-state index in [2.05, 4.69) is 10.1 Å². The summed E-state index contributed by atoms with van der Waals surface area (Å²) in [5.74, 6) is 0. The van der Waals surface area contributed by atoms with Gasteiger partial charge in [-0.05, 0) is 49.1 Å². The summed E-state index contributed by atoms with van der Waals surface area (Å²) in [4.78, 5) is 6.47. The van der Waals surface area contributed by atoms with Gasteiger partial charge < -0.3 is 4.74 Å². The maximum atomic E-state index is 13.0. The highest BCUT2D eigenvalue weighted by molar-refractivity contribution is 7.89. The third kappa shape index (κ3) is 4.84. The summed E-state index contributed by atoms with van der Waals surface area (Å²) in [6.45, 7) is 5.42. The van der Waals surface area contributed by atoms with E-state index < -0.39 is 10.0 Å². The van der Waals surface area contributed by atoms with Gasteiger partial charge in [-0.3, -0.25) is 0 Å². The fourth-order valence-electron chi connectivity index (χ4n) is 3.01. The van der Waals surface area contributed by atoms with Crippen LogP contribution in [-0.2, 0) is 14.8 Å². The third-order valence-corrected chi connectivity index (χ3v) is 8.89. The van der Waals surface area contributed by atoms with Gasteiger partial charge in [0.25, 0.3) is 0 Å². The number of hydrogen-bond acceptors (Lipinski definition) is 7. The Morgan fingerprint density at radius 3 is 2.65 bits per heavy atom. The molecule has 1 aliphatic heterocycles. The maximum Gasteiger partial charge on any atom is 0.243 e. The van der Waals surface area contributed by atoms with E-state index >= 15 is 0 Å². The standard InChI is InChI=1S/C20H21ClN4O3S3/c1-14-5-10-29-19(14)12-22-25-15(2)13-30-20(25)23-18-11-16(3-4-17(18)21)31(26,27)24-6-8-28-9-7-24/h3-5,10-13H,6-9H2,1-2H3. The summed E-state index contributed by atoms with van der Waals surface area (Å²) in [5.41, 5.74) is 2.46. The third-order valence-electron chi connectivity index (χ3n) is 4.78. The van der Waals surface area contributed by atoms with Crippen LogP contribution in [0.15, 0.2) is 50.0 Å². The lowest BCUT2D eigenvalue weighted by Gasteiger charge is -2.26. The smallest absolute Gasteiger partial charge is 0.243 e. The number of morpholine rings is 1. The zero-order valence-corrected chi connectivity index (χ0v) is 20.2. The van der Waals surface area contributed by atoms with Crippen molar-refractivity contribution in [1.29, 1.82) is 0 Å². The zero-order valence-electron chi connectivity index (χ0n) is 17.0. The van der Waals surface area contributed by atoms with Gasteiger partial charge in [0.05, 0.1) is 45.6 Å². The van der Waals surface area contributed by atoms with Crippen molar-refractivity contribution in [2.24, 2.45) is 10.1 Å². The Labute approximate surface area is 194 Å². The minimum Gasteiger partial charge on any atom is -0.379 e. The quantitative estimate of drug-likeness (QED) is 0.500. The van der Waals surface area contributed by atoms with Gasteiger partial charge in [-0.1, -0.05) is 11.6 Å². The van der Waals surface area contributed by atoms with E-state index in [1.807, 2.05) is 30.7 Å². The number of thiazole rings is 1. The van der Waals surface area contributed by atoms with Crippen LogP contribution < -0.4 is 4.80 Å². The Balaban J connectivity index is 1.72. The normalized spacial score (nSPS) is 16.4. The van der Waals surface area contributed by atoms with Gasteiger partial charge in [0.2, 0.25) is 14.8 Å². The number of halogens is 1. The van der Waals surface area contributed by atoms with Gasteiger partial charge in [0.15, 0.2) is 0 Å². The van der Waals surface area contributed by atoms with Crippen LogP contribution in [0, 0.1) is 13.8 Å². The van der Waals surface area contributed by atoms with E-state index in [0.29, 0.717) is 41.8 Å². The van der Waals surface area contributed by atoms with Crippen LogP contribution in [-0.4, -0.2) is 49.9 Å². The molecule has 0 aliphatic carbocycles. The number of sulfonamides is 1. The molecule has 0 saturated carbocycles. The summed E-state index contributed by atoms with van der Waals surface area (Å²) < 4.78 is 34.4. The van der Waals surface area contributed by atoms with Gasteiger partial charge in [-0.25, -0.2) is 18.1 Å². The largest absolute Gasteiger partial charge is 0.379 e. The molecule has 11 heteroatoms. The minimum absolute atomic E-state index is 0.162. The number of aromatic nitrogens is 1. The van der Waals surface area contributed by atoms with Crippen molar-refractivity contribution < 1.29 is 13.2 Å². The molecule has 2 aromatic heterocycles. The minimum atomic E-state index is -3.64. The topological polar surface area (TPSA) is 76.3 Å². The molecule has 3 aromatic rings. The first kappa shape index (κ1) is 22.4. The van der Waals surface area contributed by atoms with Crippen LogP contribution in [0.25, 0.3) is 0 Å². The SMILES string of the molecule is Cc1ccsc1C=Nn1c(C)csc1=Nc1cc(S(=O)(=O)N2CCOCC2)ccc1Cl. The molecule has 0 spiro atoms. The number of thiophene rings is 1. The Bertz CT molecular complexity index is 1280. The summed E-state index contributed by atoms with van der Waals surface area (Å²) >= 11 is 9.39. The fourth-order valence-corrected chi connectivity index (χ4v) is 6.19. The van der Waals surface area contributed by atoms with Gasteiger partial charge in [0, 0.05) is 18.5 Å². The van der Waals surface area contributed by atoms with Crippen LogP contribution in [0.5, 0.6) is 0 Å². The molecule has 0 atom stereocenters. The van der Waals surface area contributed by atoms with Crippen LogP contribution in [0.2, 0.25) is 5.02 Å². The monoisotopic (exact) mass is 496 g/mol. The second kappa shape index (κ2) is 9.35. The second-order valence-electron chi connectivity index (χ2n) is 6.93. The average molecular weight is 497 g/mol. The Kier molecular flexibility index (Phi) is 6.75. The number of benzene rings is 1. The molecular formula is C20H21ClN4O3S3. The highest BCUT2D eigenvalue weighted by Gasteiger charge is 2.26. The van der Waals surface area contributed by atoms with Crippen LogP contribution in [0.1, 0.15) is 16.1 Å². The predicted molar refractivity (Wildman–Crippen MR) is 125 cm³/mol. The molecule has 1 aliphatic rings. The second-order valence-corrected chi connectivity index (χ2v) is 11.1. The van der Waals surface area contributed by atoms with Gasteiger partial charge in [-0.2, -0.15) is 9.41 Å². The molecule has 0 N–H and O–H groups in total. The predicted octanol–water partition coefficient (Wildman–Crippen LogP) is 4.02. The van der Waals surface area contributed by atoms with Crippen molar-refractivity contribution in [3.8, 4) is 0 Å². The highest BCUT2D eigenvalue weighted by Crippen LogP contribution is 2.29. The van der Waals surface area contributed by atoms with Gasteiger partial charge >= 0.3 is 0 Å². The van der Waals surface area contributed by atoms with Crippen molar-refractivity contribution in [2.45, 2.75) is 18.7 Å². The lowest BCUT2D eigenvalue weighted by molar-refractivity contribution is 0.0730. The van der Waals surface area contributed by atoms with Crippen molar-refractivity contribution in [2.75, 3.05) is 26.3 Å². The first-order valence-corrected chi connectivity index (χ1v) is 13.1. The molecular weight excluding hydrogens is 476 g/mol. The number of hydrogen-bond donors (Lipinski definition) is 0. The van der Waals surface area contributed by atoms with Crippen molar-refractivity contribution in [3.63, 3.8) is 0 Å². The molecule has 31 heavy (non-hydrogen) atoms. The average Bonchev–Trinajstić information content (AvgIpc) is 3.33. The molecule has 0 bridgehead atoms. The number of nitrogens with zero attached hydrogens (tertiary/aromatic N) is 4. The molecule has 1 fully saturated rings. The molecule has 7 nitrogen and oxygen atoms in total. The summed E-state index contributed by atoms with van der Waals surface area (Å²) in [7, 11) is -3.64. The lowest BCUT2D eigenvalue weighted by Crippen LogP contribution is -2.40. The van der Waals surface area contributed by atoms with Crippen molar-refractivity contribution in [1.82, 2.24) is 8.98 Å². The van der Waals surface area contributed by atoms with Crippen LogP contribution in [0.4, 0.5) is 5.69 Å². The molecule has 1 aromatic carbocycles. The summed E-state index contributed by atoms with van der Waals surface area (Å²) in [5, 5.41) is 8.91. The summed E-state index contributed by atoms with van der Waals surface area (Å²) in [6, 6.07) is 6.64. The number of aryl methyl sites for hydroxylation is 2. The van der Waals surface area contributed by atoms with E-state index in [-0.39, 0.29) is 4.90 Å².